The number of rotatable bonds is 2. The Labute approximate surface area is 182 Å². The maximum atomic E-state index is 13.8. The van der Waals surface area contributed by atoms with Crippen molar-refractivity contribution >= 4 is 5.91 Å². The molecule has 32 heavy (non-hydrogen) atoms. The van der Waals surface area contributed by atoms with E-state index >= 15 is 0 Å². The van der Waals surface area contributed by atoms with Crippen molar-refractivity contribution in [2.45, 2.75) is 32.2 Å². The van der Waals surface area contributed by atoms with Gasteiger partial charge in [0.1, 0.15) is 11.4 Å². The highest BCUT2D eigenvalue weighted by Gasteiger charge is 2.34. The number of nitrogens with zero attached hydrogens (tertiary/aromatic N) is 4. The van der Waals surface area contributed by atoms with E-state index in [-0.39, 0.29) is 17.5 Å². The van der Waals surface area contributed by atoms with Crippen molar-refractivity contribution in [2.75, 3.05) is 13.2 Å². The Hall–Kier alpha value is -3.36. The first-order chi connectivity index (χ1) is 15.3. The molecule has 166 valence electrons. The summed E-state index contributed by atoms with van der Waals surface area (Å²) in [5, 5.41) is 4.53. The minimum absolute atomic E-state index is 0.206. The molecule has 0 radical (unpaired) electrons. The fourth-order valence-corrected chi connectivity index (χ4v) is 4.59. The van der Waals surface area contributed by atoms with Crippen LogP contribution in [0.3, 0.4) is 0 Å². The zero-order valence-electron chi connectivity index (χ0n) is 17.7. The van der Waals surface area contributed by atoms with E-state index in [9.17, 15) is 18.0 Å². The number of carbonyl (C=O) groups excluding carboxylic acids is 1. The van der Waals surface area contributed by atoms with Gasteiger partial charge in [0.05, 0.1) is 30.2 Å². The fraction of sp³-hybridized carbons (Fsp3) is 0.348. The number of halogens is 3. The average molecular weight is 442 g/mol. The van der Waals surface area contributed by atoms with Crippen LogP contribution in [0.2, 0.25) is 0 Å². The van der Waals surface area contributed by atoms with Crippen molar-refractivity contribution in [1.82, 2.24) is 19.7 Å². The van der Waals surface area contributed by atoms with Crippen LogP contribution < -0.4 is 4.74 Å². The third kappa shape index (κ3) is 3.23. The second-order valence-electron chi connectivity index (χ2n) is 8.14. The number of hydrogen-bond acceptors (Lipinski definition) is 4. The molecule has 0 bridgehead atoms. The van der Waals surface area contributed by atoms with Crippen molar-refractivity contribution in [3.05, 3.63) is 64.4 Å². The van der Waals surface area contributed by atoms with E-state index in [0.29, 0.717) is 36.7 Å². The van der Waals surface area contributed by atoms with Crippen molar-refractivity contribution < 1.29 is 22.7 Å². The maximum absolute atomic E-state index is 13.8. The van der Waals surface area contributed by atoms with E-state index < -0.39 is 17.5 Å². The van der Waals surface area contributed by atoms with E-state index in [1.54, 1.807) is 24.2 Å². The molecule has 0 unspecified atom stereocenters. The topological polar surface area (TPSA) is 60.2 Å². The molecule has 1 amide bonds. The molecule has 2 aromatic heterocycles. The molecular weight excluding hydrogens is 421 g/mol. The molecule has 5 rings (SSSR count). The lowest BCUT2D eigenvalue weighted by Gasteiger charge is -2.33. The number of amides is 1. The normalized spacial score (nSPS) is 17.5. The first-order valence-corrected chi connectivity index (χ1v) is 10.5. The van der Waals surface area contributed by atoms with Crippen molar-refractivity contribution in [3.8, 4) is 17.0 Å². The predicted molar refractivity (Wildman–Crippen MR) is 110 cm³/mol. The van der Waals surface area contributed by atoms with Gasteiger partial charge in [-0.2, -0.15) is 5.10 Å². The Morgan fingerprint density at radius 1 is 1.16 bits per heavy atom. The first kappa shape index (κ1) is 20.5. The molecule has 0 fully saturated rings. The summed E-state index contributed by atoms with van der Waals surface area (Å²) in [4.78, 5) is 19.2. The molecule has 0 saturated carbocycles. The number of aryl methyl sites for hydroxylation is 2. The molecule has 2 aliphatic rings. The largest absolute Gasteiger partial charge is 0.492 e. The van der Waals surface area contributed by atoms with Gasteiger partial charge in [0.25, 0.3) is 5.91 Å². The van der Waals surface area contributed by atoms with Crippen LogP contribution in [-0.2, 0) is 19.9 Å². The van der Waals surface area contributed by atoms with E-state index in [2.05, 4.69) is 10.1 Å². The van der Waals surface area contributed by atoms with Crippen LogP contribution in [0.1, 0.15) is 46.7 Å². The van der Waals surface area contributed by atoms with Gasteiger partial charge < -0.3 is 9.64 Å². The molecular formula is C23H21F3N4O2. The van der Waals surface area contributed by atoms with E-state index in [1.165, 1.54) is 4.68 Å². The van der Waals surface area contributed by atoms with Crippen LogP contribution in [0.25, 0.3) is 11.3 Å². The Morgan fingerprint density at radius 3 is 2.66 bits per heavy atom. The Bertz CT molecular complexity index is 1220. The lowest BCUT2D eigenvalue weighted by Crippen LogP contribution is -2.39. The van der Waals surface area contributed by atoms with Gasteiger partial charge in [0, 0.05) is 24.7 Å². The SMILES string of the molecule is C[C@H]1c2nn(C)c(-c3cc(F)c(F)c(F)c3)c2CCN1C(=O)c1cc2c(cn1)OCCC2. The number of ether oxygens (including phenoxy) is 1. The minimum Gasteiger partial charge on any atom is -0.492 e. The average Bonchev–Trinajstić information content (AvgIpc) is 3.13. The monoisotopic (exact) mass is 442 g/mol. The number of hydrogen-bond donors (Lipinski definition) is 0. The number of pyridine rings is 1. The summed E-state index contributed by atoms with van der Waals surface area (Å²) in [5.74, 6) is -3.49. The molecule has 0 saturated heterocycles. The standard InChI is InChI=1S/C23H21F3N4O2/c1-12-21-15(22(29(2)28-21)14-8-16(24)20(26)17(25)9-14)5-6-30(12)23(31)18-10-13-4-3-7-32-19(13)11-27-18/h8-12H,3-7H2,1-2H3/t12-/m0/s1. The summed E-state index contributed by atoms with van der Waals surface area (Å²) in [6.45, 7) is 2.91. The molecule has 1 aromatic carbocycles. The summed E-state index contributed by atoms with van der Waals surface area (Å²) in [6.07, 6.45) is 3.78. The number of carbonyl (C=O) groups is 1. The van der Waals surface area contributed by atoms with Gasteiger partial charge in [-0.05, 0) is 49.9 Å². The second-order valence-corrected chi connectivity index (χ2v) is 8.14. The fourth-order valence-electron chi connectivity index (χ4n) is 4.59. The van der Waals surface area contributed by atoms with Crippen molar-refractivity contribution in [1.29, 1.82) is 0 Å². The highest BCUT2D eigenvalue weighted by molar-refractivity contribution is 5.93. The zero-order chi connectivity index (χ0) is 22.6. The third-order valence-electron chi connectivity index (χ3n) is 6.18. The first-order valence-electron chi connectivity index (χ1n) is 10.5. The molecule has 2 aliphatic heterocycles. The van der Waals surface area contributed by atoms with Gasteiger partial charge in [-0.25, -0.2) is 18.2 Å². The predicted octanol–water partition coefficient (Wildman–Crippen LogP) is 3.98. The summed E-state index contributed by atoms with van der Waals surface area (Å²) >= 11 is 0. The van der Waals surface area contributed by atoms with Gasteiger partial charge in [0.15, 0.2) is 17.5 Å². The highest BCUT2D eigenvalue weighted by Crippen LogP contribution is 2.37. The van der Waals surface area contributed by atoms with Gasteiger partial charge >= 0.3 is 0 Å². The highest BCUT2D eigenvalue weighted by atomic mass is 19.2. The number of benzene rings is 1. The lowest BCUT2D eigenvalue weighted by atomic mass is 9.95. The maximum Gasteiger partial charge on any atom is 0.273 e. The summed E-state index contributed by atoms with van der Waals surface area (Å²) in [7, 11) is 1.66. The quantitative estimate of drug-likeness (QED) is 0.564. The van der Waals surface area contributed by atoms with Crippen LogP contribution in [0.5, 0.6) is 5.75 Å². The molecule has 1 atom stereocenters. The Balaban J connectivity index is 1.48. The number of aromatic nitrogens is 3. The molecule has 9 heteroatoms. The van der Waals surface area contributed by atoms with Crippen molar-refractivity contribution in [3.63, 3.8) is 0 Å². The lowest BCUT2D eigenvalue weighted by molar-refractivity contribution is 0.0667. The van der Waals surface area contributed by atoms with Gasteiger partial charge in [0.2, 0.25) is 0 Å². The molecule has 0 spiro atoms. The van der Waals surface area contributed by atoms with Crippen molar-refractivity contribution in [2.24, 2.45) is 7.05 Å². The molecule has 6 nitrogen and oxygen atoms in total. The van der Waals surface area contributed by atoms with Crippen LogP contribution in [0, 0.1) is 17.5 Å². The Morgan fingerprint density at radius 2 is 1.91 bits per heavy atom. The minimum atomic E-state index is -1.50. The second kappa shape index (κ2) is 7.65. The van der Waals surface area contributed by atoms with Crippen LogP contribution in [0.15, 0.2) is 24.4 Å². The molecule has 4 heterocycles. The van der Waals surface area contributed by atoms with Gasteiger partial charge in [-0.15, -0.1) is 0 Å². The van der Waals surface area contributed by atoms with Crippen LogP contribution >= 0.6 is 0 Å². The van der Waals surface area contributed by atoms with Crippen LogP contribution in [-0.4, -0.2) is 38.7 Å². The van der Waals surface area contributed by atoms with Gasteiger partial charge in [-0.1, -0.05) is 0 Å². The smallest absolute Gasteiger partial charge is 0.273 e. The number of fused-ring (bicyclic) bond motifs is 2. The molecule has 0 N–H and O–H groups in total. The summed E-state index contributed by atoms with van der Waals surface area (Å²) in [5.41, 5.74) is 3.49. The molecule has 0 aliphatic carbocycles. The van der Waals surface area contributed by atoms with Crippen LogP contribution in [0.4, 0.5) is 13.2 Å². The molecule has 3 aromatic rings. The van der Waals surface area contributed by atoms with E-state index in [4.69, 9.17) is 4.74 Å². The summed E-state index contributed by atoms with van der Waals surface area (Å²) < 4.78 is 48.2. The van der Waals surface area contributed by atoms with E-state index in [1.807, 2.05) is 6.92 Å². The van der Waals surface area contributed by atoms with Gasteiger partial charge in [-0.3, -0.25) is 9.48 Å². The third-order valence-corrected chi connectivity index (χ3v) is 6.18. The summed E-state index contributed by atoms with van der Waals surface area (Å²) in [6, 6.07) is 3.36. The Kier molecular flexibility index (Phi) is 4.91. The zero-order valence-corrected chi connectivity index (χ0v) is 17.7. The van der Waals surface area contributed by atoms with E-state index in [0.717, 1.165) is 41.9 Å².